The van der Waals surface area contributed by atoms with E-state index in [-0.39, 0.29) is 17.0 Å². The Bertz CT molecular complexity index is 971. The monoisotopic (exact) mass is 712 g/mol. The summed E-state index contributed by atoms with van der Waals surface area (Å²) in [4.78, 5) is 0. The van der Waals surface area contributed by atoms with Crippen molar-refractivity contribution in [3.05, 3.63) is 36.4 Å². The van der Waals surface area contributed by atoms with Crippen molar-refractivity contribution >= 4 is 29.2 Å². The second-order valence-electron chi connectivity index (χ2n) is 13.9. The second-order valence-corrected chi connectivity index (χ2v) is 14.9. The van der Waals surface area contributed by atoms with Crippen LogP contribution in [0.3, 0.4) is 0 Å². The molecular weight excluding hydrogens is 637 g/mol. The van der Waals surface area contributed by atoms with Crippen LogP contribution in [-0.4, -0.2) is 15.1 Å². The van der Waals surface area contributed by atoms with Gasteiger partial charge in [0.25, 0.3) is 11.6 Å². The van der Waals surface area contributed by atoms with E-state index >= 15 is 0 Å². The molecule has 2 aromatic rings. The zero-order valence-corrected chi connectivity index (χ0v) is 33.1. The van der Waals surface area contributed by atoms with E-state index in [4.69, 9.17) is 28.6 Å². The molecule has 2 aromatic heterocycles. The van der Waals surface area contributed by atoms with E-state index in [1.165, 1.54) is 153 Å². The van der Waals surface area contributed by atoms with E-state index in [9.17, 15) is 0 Å². The highest BCUT2D eigenvalue weighted by molar-refractivity contribution is 6.19. The van der Waals surface area contributed by atoms with Crippen LogP contribution >= 0.6 is 23.2 Å². The fourth-order valence-corrected chi connectivity index (χ4v) is 7.26. The molecule has 2 unspecified atom stereocenters. The molecule has 0 amide bonds. The van der Waals surface area contributed by atoms with E-state index in [0.717, 1.165) is 25.9 Å². The summed E-state index contributed by atoms with van der Waals surface area (Å²) in [5.74, 6) is 2.25. The van der Waals surface area contributed by atoms with Crippen LogP contribution in [0, 0.1) is 19.3 Å². The van der Waals surface area contributed by atoms with Gasteiger partial charge in [0.05, 0.1) is 13.1 Å². The number of nitrogens with zero attached hydrogens (tertiary/aromatic N) is 4. The molecule has 0 aliphatic carbocycles. The normalized spacial score (nSPS) is 12.5. The SMILES string of the molecule is CCCCCCCCCC[n+]1ccn(C(Cl)CCCCCCCCC(Cl)n2cc[n+](CCCCCCCCCC)c2C)c1C.N=C(N)N. The van der Waals surface area contributed by atoms with Gasteiger partial charge in [-0.3, -0.25) is 5.41 Å². The molecule has 0 saturated carbocycles. The molecule has 278 valence electrons. The fraction of sp³-hybridized carbons (Fsp3) is 0.821. The molecule has 7 nitrogen and oxygen atoms in total. The first-order valence-corrected chi connectivity index (χ1v) is 20.6. The largest absolute Gasteiger partial charge is 0.370 e. The van der Waals surface area contributed by atoms with Gasteiger partial charge in [0, 0.05) is 26.7 Å². The Morgan fingerprint density at radius 2 is 0.833 bits per heavy atom. The van der Waals surface area contributed by atoms with Crippen LogP contribution in [0.2, 0.25) is 0 Å². The van der Waals surface area contributed by atoms with E-state index in [2.05, 4.69) is 82.2 Å². The maximum Gasteiger partial charge on any atom is 0.254 e. The maximum absolute atomic E-state index is 6.83. The summed E-state index contributed by atoms with van der Waals surface area (Å²) in [7, 11) is 0. The van der Waals surface area contributed by atoms with E-state index in [1.807, 2.05) is 0 Å². The van der Waals surface area contributed by atoms with Gasteiger partial charge < -0.3 is 11.5 Å². The molecule has 0 aromatic carbocycles. The summed E-state index contributed by atoms with van der Waals surface area (Å²) in [5, 5.41) is 6.06. The van der Waals surface area contributed by atoms with Gasteiger partial charge >= 0.3 is 0 Å². The number of aryl methyl sites for hydroxylation is 2. The molecule has 0 spiro atoms. The Morgan fingerprint density at radius 1 is 0.562 bits per heavy atom. The van der Waals surface area contributed by atoms with Gasteiger partial charge in [-0.1, -0.05) is 140 Å². The molecule has 0 bridgehead atoms. The van der Waals surface area contributed by atoms with Gasteiger partial charge in [-0.05, 0) is 38.5 Å². The number of hydrogen-bond donors (Lipinski definition) is 3. The predicted octanol–water partition coefficient (Wildman–Crippen LogP) is 10.9. The van der Waals surface area contributed by atoms with Crippen molar-refractivity contribution in [3.63, 3.8) is 0 Å². The van der Waals surface area contributed by atoms with E-state index < -0.39 is 0 Å². The Labute approximate surface area is 305 Å². The molecular formula is C39H75Cl2N7+2. The molecule has 0 aliphatic rings. The lowest BCUT2D eigenvalue weighted by molar-refractivity contribution is -0.703. The first-order valence-electron chi connectivity index (χ1n) is 19.7. The Hall–Kier alpha value is -1.73. The van der Waals surface area contributed by atoms with Crippen LogP contribution in [0.25, 0.3) is 0 Å². The zero-order valence-electron chi connectivity index (χ0n) is 31.5. The van der Waals surface area contributed by atoms with Crippen molar-refractivity contribution in [3.8, 4) is 0 Å². The molecule has 0 aliphatic heterocycles. The van der Waals surface area contributed by atoms with Crippen molar-refractivity contribution in [1.82, 2.24) is 9.13 Å². The molecule has 2 rings (SSSR count). The quantitative estimate of drug-likeness (QED) is 0.0257. The van der Waals surface area contributed by atoms with Gasteiger partial charge in [-0.25, -0.2) is 18.3 Å². The maximum atomic E-state index is 6.83. The smallest absolute Gasteiger partial charge is 0.254 e. The summed E-state index contributed by atoms with van der Waals surface area (Å²) in [6.45, 7) is 11.2. The van der Waals surface area contributed by atoms with Crippen LogP contribution in [0.1, 0.15) is 191 Å². The molecule has 0 radical (unpaired) electrons. The Balaban J connectivity index is 0.00000272. The first-order chi connectivity index (χ1) is 23.2. The van der Waals surface area contributed by atoms with Crippen LogP contribution in [-0.2, 0) is 13.1 Å². The highest BCUT2D eigenvalue weighted by Crippen LogP contribution is 2.24. The lowest BCUT2D eigenvalue weighted by atomic mass is 10.1. The minimum atomic E-state index is -0.333. The Morgan fingerprint density at radius 3 is 1.15 bits per heavy atom. The minimum Gasteiger partial charge on any atom is -0.370 e. The van der Waals surface area contributed by atoms with Gasteiger partial charge in [0.1, 0.15) is 24.8 Å². The van der Waals surface area contributed by atoms with E-state index in [0.29, 0.717) is 0 Å². The van der Waals surface area contributed by atoms with Crippen LogP contribution in [0.5, 0.6) is 0 Å². The molecule has 0 saturated heterocycles. The number of nitrogens with two attached hydrogens (primary N) is 2. The average Bonchev–Trinajstić information content (AvgIpc) is 3.61. The number of unbranched alkanes of at least 4 members (excludes halogenated alkanes) is 19. The van der Waals surface area contributed by atoms with Gasteiger partial charge in [-0.2, -0.15) is 0 Å². The van der Waals surface area contributed by atoms with Crippen LogP contribution < -0.4 is 20.6 Å². The summed E-state index contributed by atoms with van der Waals surface area (Å²) in [6, 6.07) is 0. The summed E-state index contributed by atoms with van der Waals surface area (Å²) in [5.41, 5.74) is 9.07. The lowest BCUT2D eigenvalue weighted by Gasteiger charge is -2.09. The predicted molar refractivity (Wildman–Crippen MR) is 207 cm³/mol. The first kappa shape index (κ1) is 44.3. The summed E-state index contributed by atoms with van der Waals surface area (Å²) >= 11 is 13.7. The standard InChI is InChI=1S/C38H70Cl2N4.CH5N3/c1-5-7-9-11-13-17-21-25-29-41-31-33-43(35(41)3)37(39)27-23-19-15-16-20-24-28-38(40)44-34-32-42(36(44)4)30-26-22-18-14-12-10-8-6-2;2-1(3)4/h31-34,37-38H,5-30H2,1-4H3;(H5,2,3,4)/q+2;. The van der Waals surface area contributed by atoms with Crippen molar-refractivity contribution < 1.29 is 9.13 Å². The number of rotatable bonds is 29. The zero-order chi connectivity index (χ0) is 35.4. The third kappa shape index (κ3) is 20.7. The van der Waals surface area contributed by atoms with Crippen LogP contribution in [0.4, 0.5) is 0 Å². The number of nitrogens with one attached hydrogen (secondary N) is 1. The third-order valence-electron chi connectivity index (χ3n) is 9.64. The molecule has 48 heavy (non-hydrogen) atoms. The van der Waals surface area contributed by atoms with Crippen molar-refractivity contribution in [1.29, 1.82) is 5.41 Å². The molecule has 2 atom stereocenters. The molecule has 2 heterocycles. The topological polar surface area (TPSA) is 93.5 Å². The molecule has 0 fully saturated rings. The third-order valence-corrected chi connectivity index (χ3v) is 10.5. The van der Waals surface area contributed by atoms with Crippen molar-refractivity contribution in [2.45, 2.75) is 206 Å². The molecule has 5 N–H and O–H groups in total. The summed E-state index contributed by atoms with van der Waals surface area (Å²) in [6.07, 6.45) is 40.3. The second kappa shape index (κ2) is 29.0. The van der Waals surface area contributed by atoms with Crippen molar-refractivity contribution in [2.75, 3.05) is 0 Å². The number of hydrogen-bond acceptors (Lipinski definition) is 1. The number of aromatic nitrogens is 4. The highest BCUT2D eigenvalue weighted by atomic mass is 35.5. The highest BCUT2D eigenvalue weighted by Gasteiger charge is 2.20. The minimum absolute atomic E-state index is 0.0648. The van der Waals surface area contributed by atoms with Gasteiger partial charge in [-0.15, -0.1) is 0 Å². The average molecular weight is 713 g/mol. The lowest BCUT2D eigenvalue weighted by Crippen LogP contribution is -2.35. The van der Waals surface area contributed by atoms with Gasteiger partial charge in [0.15, 0.2) is 17.0 Å². The van der Waals surface area contributed by atoms with Gasteiger partial charge in [0.2, 0.25) is 0 Å². The van der Waals surface area contributed by atoms with E-state index in [1.54, 1.807) is 0 Å². The fourth-order valence-electron chi connectivity index (χ4n) is 6.54. The number of alkyl halides is 2. The number of guanidine groups is 1. The van der Waals surface area contributed by atoms with Crippen molar-refractivity contribution in [2.24, 2.45) is 11.5 Å². The van der Waals surface area contributed by atoms with Crippen LogP contribution in [0.15, 0.2) is 24.8 Å². The molecule has 9 heteroatoms. The Kier molecular flexibility index (Phi) is 26.8. The number of halogens is 2. The number of imidazole rings is 2. The summed E-state index contributed by atoms with van der Waals surface area (Å²) < 4.78 is 9.33.